The zero-order valence-corrected chi connectivity index (χ0v) is 14.6. The zero-order valence-electron chi connectivity index (χ0n) is 13.8. The monoisotopic (exact) mass is 362 g/mol. The van der Waals surface area contributed by atoms with Gasteiger partial charge in [0, 0.05) is 25.2 Å². The Labute approximate surface area is 146 Å². The van der Waals surface area contributed by atoms with E-state index in [2.05, 4.69) is 5.32 Å². The average molecular weight is 362 g/mol. The third-order valence-electron chi connectivity index (χ3n) is 4.04. The maximum absolute atomic E-state index is 13.3. The average Bonchev–Trinajstić information content (AvgIpc) is 3.39. The molecule has 7 heteroatoms. The van der Waals surface area contributed by atoms with Gasteiger partial charge in [-0.1, -0.05) is 18.2 Å². The Morgan fingerprint density at radius 1 is 1.20 bits per heavy atom. The summed E-state index contributed by atoms with van der Waals surface area (Å²) in [5, 5.41) is 2.90. The van der Waals surface area contributed by atoms with Crippen molar-refractivity contribution in [3.8, 4) is 0 Å². The van der Waals surface area contributed by atoms with E-state index >= 15 is 0 Å². The van der Waals surface area contributed by atoms with Gasteiger partial charge < -0.3 is 5.32 Å². The highest BCUT2D eigenvalue weighted by Gasteiger charge is 2.24. The van der Waals surface area contributed by atoms with Crippen molar-refractivity contribution >= 4 is 15.9 Å². The summed E-state index contributed by atoms with van der Waals surface area (Å²) in [6.45, 7) is 0.128. The number of carbonyl (C=O) groups excluding carboxylic acids is 1. The van der Waals surface area contributed by atoms with E-state index in [1.165, 1.54) is 25.2 Å². The van der Waals surface area contributed by atoms with Gasteiger partial charge in [0.25, 0.3) is 5.91 Å². The van der Waals surface area contributed by atoms with Crippen LogP contribution in [0.3, 0.4) is 0 Å². The van der Waals surface area contributed by atoms with Gasteiger partial charge in [0.15, 0.2) is 0 Å². The standard InChI is InChI=1S/C18H19FN2O3S/c1-21(25(23,24)17-4-2-3-15(19)11-17)12-13-5-7-14(8-6-13)18(22)20-16-9-10-16/h2-8,11,16H,9-10,12H2,1H3,(H,20,22). The molecule has 0 unspecified atom stereocenters. The molecule has 0 aliphatic heterocycles. The number of sulfonamides is 1. The van der Waals surface area contributed by atoms with Gasteiger partial charge in [0.1, 0.15) is 5.82 Å². The minimum absolute atomic E-state index is 0.0876. The van der Waals surface area contributed by atoms with Crippen LogP contribution in [0.2, 0.25) is 0 Å². The van der Waals surface area contributed by atoms with Crippen LogP contribution >= 0.6 is 0 Å². The van der Waals surface area contributed by atoms with Crippen LogP contribution in [0.1, 0.15) is 28.8 Å². The molecule has 1 fully saturated rings. The lowest BCUT2D eigenvalue weighted by Crippen LogP contribution is -2.27. The SMILES string of the molecule is CN(Cc1ccc(C(=O)NC2CC2)cc1)S(=O)(=O)c1cccc(F)c1. The highest BCUT2D eigenvalue weighted by molar-refractivity contribution is 7.89. The largest absolute Gasteiger partial charge is 0.349 e. The molecule has 0 radical (unpaired) electrons. The number of nitrogens with one attached hydrogen (secondary N) is 1. The van der Waals surface area contributed by atoms with Gasteiger partial charge in [-0.15, -0.1) is 0 Å². The molecule has 1 N–H and O–H groups in total. The van der Waals surface area contributed by atoms with Gasteiger partial charge >= 0.3 is 0 Å². The highest BCUT2D eigenvalue weighted by atomic mass is 32.2. The third kappa shape index (κ3) is 4.24. The van der Waals surface area contributed by atoms with Gasteiger partial charge in [0.05, 0.1) is 4.90 Å². The fraction of sp³-hybridized carbons (Fsp3) is 0.278. The first-order valence-electron chi connectivity index (χ1n) is 7.98. The third-order valence-corrected chi connectivity index (χ3v) is 5.84. The number of hydrogen-bond acceptors (Lipinski definition) is 3. The molecule has 0 heterocycles. The smallest absolute Gasteiger partial charge is 0.251 e. The van der Waals surface area contributed by atoms with Crippen LogP contribution in [0.25, 0.3) is 0 Å². The van der Waals surface area contributed by atoms with Crippen LogP contribution in [0.15, 0.2) is 53.4 Å². The fourth-order valence-corrected chi connectivity index (χ4v) is 3.60. The molecule has 3 rings (SSSR count). The van der Waals surface area contributed by atoms with Crippen molar-refractivity contribution in [2.24, 2.45) is 0 Å². The maximum Gasteiger partial charge on any atom is 0.251 e. The summed E-state index contributed by atoms with van der Waals surface area (Å²) < 4.78 is 39.4. The Hall–Kier alpha value is -2.25. The lowest BCUT2D eigenvalue weighted by atomic mass is 10.1. The minimum atomic E-state index is -3.78. The normalized spacial score (nSPS) is 14.5. The van der Waals surface area contributed by atoms with E-state index in [0.29, 0.717) is 5.56 Å². The summed E-state index contributed by atoms with van der Waals surface area (Å²) >= 11 is 0. The van der Waals surface area contributed by atoms with Crippen molar-refractivity contribution in [1.82, 2.24) is 9.62 Å². The number of benzene rings is 2. The van der Waals surface area contributed by atoms with Crippen LogP contribution in [-0.4, -0.2) is 31.7 Å². The molecule has 0 aromatic heterocycles. The van der Waals surface area contributed by atoms with E-state index < -0.39 is 15.8 Å². The van der Waals surface area contributed by atoms with Crippen molar-refractivity contribution in [3.05, 3.63) is 65.5 Å². The maximum atomic E-state index is 13.3. The molecule has 1 amide bonds. The summed E-state index contributed by atoms with van der Waals surface area (Å²) in [7, 11) is -2.34. The molecule has 132 valence electrons. The Bertz CT molecular complexity index is 877. The van der Waals surface area contributed by atoms with Crippen molar-refractivity contribution < 1.29 is 17.6 Å². The van der Waals surface area contributed by atoms with Gasteiger partial charge in [-0.25, -0.2) is 12.8 Å². The molecule has 1 aliphatic rings. The molecule has 0 bridgehead atoms. The molecular weight excluding hydrogens is 343 g/mol. The lowest BCUT2D eigenvalue weighted by molar-refractivity contribution is 0.0951. The summed E-state index contributed by atoms with van der Waals surface area (Å²) in [6, 6.07) is 12.0. The Morgan fingerprint density at radius 3 is 2.48 bits per heavy atom. The first kappa shape index (κ1) is 17.6. The van der Waals surface area contributed by atoms with Crippen LogP contribution < -0.4 is 5.32 Å². The molecule has 0 spiro atoms. The first-order valence-corrected chi connectivity index (χ1v) is 9.42. The first-order chi connectivity index (χ1) is 11.9. The van der Waals surface area contributed by atoms with E-state index in [9.17, 15) is 17.6 Å². The second-order valence-electron chi connectivity index (χ2n) is 6.16. The molecule has 0 saturated heterocycles. The van der Waals surface area contributed by atoms with E-state index in [-0.39, 0.29) is 23.4 Å². The minimum Gasteiger partial charge on any atom is -0.349 e. The highest BCUT2D eigenvalue weighted by Crippen LogP contribution is 2.20. The number of rotatable bonds is 6. The number of nitrogens with zero attached hydrogens (tertiary/aromatic N) is 1. The molecule has 25 heavy (non-hydrogen) atoms. The van der Waals surface area contributed by atoms with Gasteiger partial charge in [-0.3, -0.25) is 4.79 Å². The number of carbonyl (C=O) groups is 1. The van der Waals surface area contributed by atoms with Crippen molar-refractivity contribution in [2.75, 3.05) is 7.05 Å². The predicted molar refractivity (Wildman–Crippen MR) is 92.0 cm³/mol. The van der Waals surface area contributed by atoms with Crippen molar-refractivity contribution in [1.29, 1.82) is 0 Å². The van der Waals surface area contributed by atoms with Crippen LogP contribution in [0.4, 0.5) is 4.39 Å². The summed E-state index contributed by atoms with van der Waals surface area (Å²) in [4.78, 5) is 11.9. The summed E-state index contributed by atoms with van der Waals surface area (Å²) in [5.74, 6) is -0.713. The zero-order chi connectivity index (χ0) is 18.0. The van der Waals surface area contributed by atoms with Crippen LogP contribution in [-0.2, 0) is 16.6 Å². The fourth-order valence-electron chi connectivity index (χ4n) is 2.41. The van der Waals surface area contributed by atoms with E-state index in [1.54, 1.807) is 24.3 Å². The van der Waals surface area contributed by atoms with Gasteiger partial charge in [-0.2, -0.15) is 4.31 Å². The topological polar surface area (TPSA) is 66.5 Å². The van der Waals surface area contributed by atoms with E-state index in [0.717, 1.165) is 28.8 Å². The van der Waals surface area contributed by atoms with Crippen LogP contribution in [0, 0.1) is 5.82 Å². The number of halogens is 1. The van der Waals surface area contributed by atoms with E-state index in [1.807, 2.05) is 0 Å². The Kier molecular flexibility index (Phi) is 4.87. The Morgan fingerprint density at radius 2 is 1.88 bits per heavy atom. The lowest BCUT2D eigenvalue weighted by Gasteiger charge is -2.17. The molecule has 0 atom stereocenters. The number of hydrogen-bond donors (Lipinski definition) is 1. The molecule has 2 aromatic carbocycles. The number of amides is 1. The molecule has 1 aliphatic carbocycles. The van der Waals surface area contributed by atoms with Gasteiger partial charge in [0.2, 0.25) is 10.0 Å². The molecule has 2 aromatic rings. The molecular formula is C18H19FN2O3S. The van der Waals surface area contributed by atoms with E-state index in [4.69, 9.17) is 0 Å². The second kappa shape index (κ2) is 6.93. The summed E-state index contributed by atoms with van der Waals surface area (Å²) in [5.41, 5.74) is 1.29. The second-order valence-corrected chi connectivity index (χ2v) is 8.21. The molecule has 1 saturated carbocycles. The van der Waals surface area contributed by atoms with Gasteiger partial charge in [-0.05, 0) is 48.7 Å². The van der Waals surface area contributed by atoms with Crippen molar-refractivity contribution in [2.45, 2.75) is 30.3 Å². The van der Waals surface area contributed by atoms with Crippen LogP contribution in [0.5, 0.6) is 0 Å². The Balaban J connectivity index is 1.69. The summed E-state index contributed by atoms with van der Waals surface area (Å²) in [6.07, 6.45) is 2.04. The van der Waals surface area contributed by atoms with Crippen molar-refractivity contribution in [3.63, 3.8) is 0 Å². The predicted octanol–water partition coefficient (Wildman–Crippen LogP) is 2.54. The molecule has 5 nitrogen and oxygen atoms in total. The quantitative estimate of drug-likeness (QED) is 0.859.